The van der Waals surface area contributed by atoms with Gasteiger partial charge in [-0.05, 0) is 58.5 Å². The van der Waals surface area contributed by atoms with E-state index in [1.807, 2.05) is 37.3 Å². The van der Waals surface area contributed by atoms with Crippen LogP contribution in [-0.2, 0) is 0 Å². The Morgan fingerprint density at radius 1 is 1.28 bits per heavy atom. The number of ketones is 1. The smallest absolute Gasteiger partial charge is 0.171 e. The van der Waals surface area contributed by atoms with Crippen LogP contribution < -0.4 is 0 Å². The molecule has 2 rings (SSSR count). The van der Waals surface area contributed by atoms with E-state index >= 15 is 0 Å². The third-order valence-electron chi connectivity index (χ3n) is 2.79. The lowest BCUT2D eigenvalue weighted by atomic mass is 9.93. The number of hydrogen-bond acceptors (Lipinski definition) is 2. The molecule has 0 fully saturated rings. The standard InChI is InChI=1S/C14H11BrINO/c1-9(10-4-6-17-7-5-10)14(18)12-8-11(16)2-3-13(12)15/h2-9H,1H3. The van der Waals surface area contributed by atoms with E-state index in [2.05, 4.69) is 43.5 Å². The number of carbonyl (C=O) groups excluding carboxylic acids is 1. The van der Waals surface area contributed by atoms with Crippen molar-refractivity contribution < 1.29 is 4.79 Å². The number of hydrogen-bond donors (Lipinski definition) is 0. The van der Waals surface area contributed by atoms with Crippen LogP contribution in [0.4, 0.5) is 0 Å². The number of aromatic nitrogens is 1. The summed E-state index contributed by atoms with van der Waals surface area (Å²) in [7, 11) is 0. The van der Waals surface area contributed by atoms with Gasteiger partial charge >= 0.3 is 0 Å². The molecule has 0 spiro atoms. The summed E-state index contributed by atoms with van der Waals surface area (Å²) < 4.78 is 1.90. The normalized spacial score (nSPS) is 12.2. The van der Waals surface area contributed by atoms with Crippen LogP contribution >= 0.6 is 38.5 Å². The van der Waals surface area contributed by atoms with E-state index in [0.29, 0.717) is 0 Å². The predicted molar refractivity (Wildman–Crippen MR) is 83.8 cm³/mol. The molecule has 0 amide bonds. The second-order valence-electron chi connectivity index (χ2n) is 3.99. The Kier molecular flexibility index (Phi) is 4.50. The van der Waals surface area contributed by atoms with E-state index in [1.165, 1.54) is 0 Å². The number of rotatable bonds is 3. The highest BCUT2D eigenvalue weighted by molar-refractivity contribution is 14.1. The minimum Gasteiger partial charge on any atom is -0.293 e. The molecule has 1 heterocycles. The molecule has 0 aliphatic heterocycles. The van der Waals surface area contributed by atoms with Crippen molar-refractivity contribution >= 4 is 44.3 Å². The van der Waals surface area contributed by atoms with Gasteiger partial charge in [0.05, 0.1) is 0 Å². The van der Waals surface area contributed by atoms with Crippen molar-refractivity contribution in [2.75, 3.05) is 0 Å². The molecule has 0 bridgehead atoms. The van der Waals surface area contributed by atoms with Crippen LogP contribution in [0.25, 0.3) is 0 Å². The van der Waals surface area contributed by atoms with Crippen LogP contribution in [0.2, 0.25) is 0 Å². The maximum atomic E-state index is 12.5. The van der Waals surface area contributed by atoms with Crippen molar-refractivity contribution in [1.82, 2.24) is 4.98 Å². The Morgan fingerprint density at radius 3 is 2.61 bits per heavy atom. The molecule has 0 radical (unpaired) electrons. The molecular weight excluding hydrogens is 405 g/mol. The third-order valence-corrected chi connectivity index (χ3v) is 4.16. The zero-order valence-corrected chi connectivity index (χ0v) is 13.5. The van der Waals surface area contributed by atoms with Crippen molar-refractivity contribution in [2.45, 2.75) is 12.8 Å². The lowest BCUT2D eigenvalue weighted by Crippen LogP contribution is -2.10. The Morgan fingerprint density at radius 2 is 1.94 bits per heavy atom. The van der Waals surface area contributed by atoms with Crippen molar-refractivity contribution in [3.05, 3.63) is 61.9 Å². The SMILES string of the molecule is CC(C(=O)c1cc(I)ccc1Br)c1ccncc1. The molecule has 1 unspecified atom stereocenters. The first kappa shape index (κ1) is 13.7. The highest BCUT2D eigenvalue weighted by Crippen LogP contribution is 2.26. The lowest BCUT2D eigenvalue weighted by molar-refractivity contribution is 0.0965. The number of nitrogens with zero attached hydrogens (tertiary/aromatic N) is 1. The summed E-state index contributed by atoms with van der Waals surface area (Å²) in [6.07, 6.45) is 3.42. The Balaban J connectivity index is 2.34. The molecule has 2 aromatic rings. The van der Waals surface area contributed by atoms with Gasteiger partial charge in [0.2, 0.25) is 0 Å². The molecule has 1 atom stereocenters. The van der Waals surface area contributed by atoms with E-state index in [0.717, 1.165) is 19.2 Å². The average molecular weight is 416 g/mol. The van der Waals surface area contributed by atoms with Crippen molar-refractivity contribution in [2.24, 2.45) is 0 Å². The van der Waals surface area contributed by atoms with Crippen LogP contribution in [0.5, 0.6) is 0 Å². The lowest BCUT2D eigenvalue weighted by Gasteiger charge is -2.12. The Bertz CT molecular complexity index is 571. The summed E-state index contributed by atoms with van der Waals surface area (Å²) in [5.74, 6) is -0.0471. The average Bonchev–Trinajstić information content (AvgIpc) is 2.41. The molecule has 0 saturated heterocycles. The van der Waals surface area contributed by atoms with E-state index in [1.54, 1.807) is 12.4 Å². The summed E-state index contributed by atoms with van der Waals surface area (Å²) in [5, 5.41) is 0. The molecule has 2 nitrogen and oxygen atoms in total. The van der Waals surface area contributed by atoms with Crippen LogP contribution in [0.15, 0.2) is 47.2 Å². The van der Waals surface area contributed by atoms with Gasteiger partial charge in [-0.3, -0.25) is 9.78 Å². The van der Waals surface area contributed by atoms with Crippen LogP contribution in [0, 0.1) is 3.57 Å². The number of pyridine rings is 1. The van der Waals surface area contributed by atoms with Gasteiger partial charge in [0, 0.05) is 31.9 Å². The van der Waals surface area contributed by atoms with Gasteiger partial charge < -0.3 is 0 Å². The van der Waals surface area contributed by atoms with Gasteiger partial charge in [-0.15, -0.1) is 0 Å². The first-order chi connectivity index (χ1) is 8.59. The van der Waals surface area contributed by atoms with Gasteiger partial charge in [-0.1, -0.05) is 22.9 Å². The zero-order valence-electron chi connectivity index (χ0n) is 9.73. The van der Waals surface area contributed by atoms with Crippen LogP contribution in [0.3, 0.4) is 0 Å². The topological polar surface area (TPSA) is 30.0 Å². The monoisotopic (exact) mass is 415 g/mol. The van der Waals surface area contributed by atoms with Crippen LogP contribution in [-0.4, -0.2) is 10.8 Å². The summed E-state index contributed by atoms with van der Waals surface area (Å²) in [4.78, 5) is 16.4. The molecule has 0 aliphatic carbocycles. The molecule has 0 saturated carbocycles. The molecule has 18 heavy (non-hydrogen) atoms. The first-order valence-electron chi connectivity index (χ1n) is 5.49. The molecule has 1 aromatic heterocycles. The molecular formula is C14H11BrINO. The fourth-order valence-corrected chi connectivity index (χ4v) is 2.66. The van der Waals surface area contributed by atoms with Gasteiger partial charge in [0.1, 0.15) is 0 Å². The fraction of sp³-hybridized carbons (Fsp3) is 0.143. The zero-order chi connectivity index (χ0) is 13.1. The van der Waals surface area contributed by atoms with E-state index < -0.39 is 0 Å². The molecule has 92 valence electrons. The number of benzene rings is 1. The highest BCUT2D eigenvalue weighted by atomic mass is 127. The van der Waals surface area contributed by atoms with Gasteiger partial charge in [-0.25, -0.2) is 0 Å². The van der Waals surface area contributed by atoms with Crippen molar-refractivity contribution in [1.29, 1.82) is 0 Å². The van der Waals surface area contributed by atoms with E-state index in [-0.39, 0.29) is 11.7 Å². The Labute approximate surface area is 128 Å². The first-order valence-corrected chi connectivity index (χ1v) is 7.36. The summed E-state index contributed by atoms with van der Waals surface area (Å²) in [5.41, 5.74) is 1.71. The second-order valence-corrected chi connectivity index (χ2v) is 6.09. The van der Waals surface area contributed by atoms with Crippen LogP contribution in [0.1, 0.15) is 28.8 Å². The van der Waals surface area contributed by atoms with Gasteiger partial charge in [0.15, 0.2) is 5.78 Å². The number of Topliss-reactive ketones (excluding diaryl/α,β-unsaturated/α-hetero) is 1. The number of carbonyl (C=O) groups is 1. The van der Waals surface area contributed by atoms with E-state index in [9.17, 15) is 4.79 Å². The maximum absolute atomic E-state index is 12.5. The highest BCUT2D eigenvalue weighted by Gasteiger charge is 2.19. The minimum atomic E-state index is -0.164. The van der Waals surface area contributed by atoms with Gasteiger partial charge in [0.25, 0.3) is 0 Å². The third kappa shape index (κ3) is 2.98. The molecule has 1 aromatic carbocycles. The minimum absolute atomic E-state index is 0.117. The Hall–Kier alpha value is -0.750. The largest absolute Gasteiger partial charge is 0.293 e. The van der Waals surface area contributed by atoms with Crippen molar-refractivity contribution in [3.63, 3.8) is 0 Å². The van der Waals surface area contributed by atoms with Crippen molar-refractivity contribution in [3.8, 4) is 0 Å². The quantitative estimate of drug-likeness (QED) is 0.548. The molecule has 0 aliphatic rings. The molecule has 4 heteroatoms. The second kappa shape index (κ2) is 5.93. The maximum Gasteiger partial charge on any atom is 0.171 e. The summed E-state index contributed by atoms with van der Waals surface area (Å²) >= 11 is 5.65. The summed E-state index contributed by atoms with van der Waals surface area (Å²) in [6.45, 7) is 1.92. The van der Waals surface area contributed by atoms with Gasteiger partial charge in [-0.2, -0.15) is 0 Å². The number of halogens is 2. The summed E-state index contributed by atoms with van der Waals surface area (Å²) in [6, 6.07) is 9.55. The molecule has 0 N–H and O–H groups in total. The van der Waals surface area contributed by atoms with E-state index in [4.69, 9.17) is 0 Å². The predicted octanol–water partition coefficient (Wildman–Crippen LogP) is 4.44. The fourth-order valence-electron chi connectivity index (χ4n) is 1.72.